The second-order valence-corrected chi connectivity index (χ2v) is 10.5. The molecule has 6 aromatic carbocycles. The lowest BCUT2D eigenvalue weighted by Crippen LogP contribution is -2.06. The van der Waals surface area contributed by atoms with Crippen LogP contribution in [0.4, 0.5) is 0 Å². The molecule has 0 atom stereocenters. The monoisotopic (exact) mass is 569 g/mol. The lowest BCUT2D eigenvalue weighted by atomic mass is 10.0. The first-order valence-electron chi connectivity index (χ1n) is 16.7. The molecule has 9 rings (SSSR count). The van der Waals surface area contributed by atoms with Crippen LogP contribution in [0.25, 0.3) is 83.6 Å². The molecule has 0 unspecified atom stereocenters. The zero-order chi connectivity index (χ0) is 33.4. The van der Waals surface area contributed by atoms with Crippen LogP contribution in [0.1, 0.15) is 6.85 Å². The number of fused-ring (bicyclic) bond motifs is 6. The first kappa shape index (κ1) is 19.9. The van der Waals surface area contributed by atoms with Gasteiger partial charge in [0.15, 0.2) is 11.6 Å². The molecule has 0 N–H and O–H groups in total. The number of furan rings is 1. The highest BCUT2D eigenvalue weighted by atomic mass is 16.3. The molecule has 0 saturated carbocycles. The number of hydrogen-bond donors (Lipinski definition) is 0. The number of hydrogen-bond acceptors (Lipinski definition) is 4. The van der Waals surface area contributed by atoms with E-state index in [9.17, 15) is 0 Å². The van der Waals surface area contributed by atoms with Gasteiger partial charge in [-0.05, 0) is 53.6 Å². The fourth-order valence-electron chi connectivity index (χ4n) is 5.91. The Morgan fingerprint density at radius 3 is 1.73 bits per heavy atom. The summed E-state index contributed by atoms with van der Waals surface area (Å²) in [5, 5.41) is 3.72. The molecule has 0 aliphatic rings. The zero-order valence-corrected chi connectivity index (χ0v) is 23.2. The van der Waals surface area contributed by atoms with Crippen molar-refractivity contribution in [2.45, 2.75) is 0 Å². The third-order valence-electron chi connectivity index (χ3n) is 7.95. The molecule has 0 aliphatic carbocycles. The Bertz CT molecular complexity index is 2710. The topological polar surface area (TPSA) is 56.7 Å². The van der Waals surface area contributed by atoms with Gasteiger partial charge in [0, 0.05) is 32.7 Å². The van der Waals surface area contributed by atoms with Gasteiger partial charge in [-0.15, -0.1) is 0 Å². The smallest absolute Gasteiger partial charge is 0.238 e. The van der Waals surface area contributed by atoms with E-state index in [2.05, 4.69) is 28.8 Å². The predicted octanol–water partition coefficient (Wildman–Crippen LogP) is 9.87. The summed E-state index contributed by atoms with van der Waals surface area (Å²) in [6, 6.07) is 35.6. The number of aromatic nitrogens is 4. The molecule has 0 bridgehead atoms. The number of benzene rings is 6. The summed E-state index contributed by atoms with van der Waals surface area (Å²) in [7, 11) is 0. The molecule has 206 valence electrons. The van der Waals surface area contributed by atoms with E-state index in [0.717, 1.165) is 43.7 Å². The fraction of sp³-hybridized carbons (Fsp3) is 0. The Labute approximate surface area is 259 Å². The van der Waals surface area contributed by atoms with Crippen LogP contribution in [0.3, 0.4) is 0 Å². The van der Waals surface area contributed by atoms with Crippen molar-refractivity contribution in [3.63, 3.8) is 0 Å². The highest BCUT2D eigenvalue weighted by molar-refractivity contribution is 6.09. The van der Waals surface area contributed by atoms with Crippen molar-refractivity contribution in [3.05, 3.63) is 145 Å². The van der Waals surface area contributed by atoms with Gasteiger partial charge in [0.05, 0.1) is 17.9 Å². The SMILES string of the molecule is [2H]c1c([2H])c([2H])c(-c2ccc3oc4ccc(-c5nc(-c6ccccc6)nc(-n6c7ccccc7c7ccccc76)n5)cc4c3c2)c([2H])c1[2H]. The molecule has 0 amide bonds. The summed E-state index contributed by atoms with van der Waals surface area (Å²) in [4.78, 5) is 15.0. The lowest BCUT2D eigenvalue weighted by Gasteiger charge is -2.11. The average Bonchev–Trinajstić information content (AvgIpc) is 3.68. The average molecular weight is 570 g/mol. The molecule has 0 fully saturated rings. The van der Waals surface area contributed by atoms with Crippen molar-refractivity contribution in [3.8, 4) is 39.9 Å². The van der Waals surface area contributed by atoms with Gasteiger partial charge in [-0.1, -0.05) is 103 Å². The molecule has 3 heterocycles. The lowest BCUT2D eigenvalue weighted by molar-refractivity contribution is 0.669. The van der Waals surface area contributed by atoms with Gasteiger partial charge in [-0.2, -0.15) is 9.97 Å². The molecule has 0 radical (unpaired) electrons. The first-order chi connectivity index (χ1) is 23.9. The van der Waals surface area contributed by atoms with E-state index in [4.69, 9.17) is 26.2 Å². The second-order valence-electron chi connectivity index (χ2n) is 10.5. The second kappa shape index (κ2) is 9.75. The third kappa shape index (κ3) is 3.91. The van der Waals surface area contributed by atoms with Crippen molar-refractivity contribution >= 4 is 43.7 Å². The molecule has 0 saturated heterocycles. The van der Waals surface area contributed by atoms with E-state index in [0.29, 0.717) is 34.3 Å². The molecule has 5 heteroatoms. The molecule has 9 aromatic rings. The summed E-state index contributed by atoms with van der Waals surface area (Å²) in [6.07, 6.45) is 0. The first-order valence-corrected chi connectivity index (χ1v) is 14.2. The summed E-state index contributed by atoms with van der Waals surface area (Å²) < 4.78 is 49.6. The van der Waals surface area contributed by atoms with Crippen LogP contribution in [0, 0.1) is 0 Å². The maximum Gasteiger partial charge on any atom is 0.238 e. The molecular formula is C39H24N4O. The number of nitrogens with zero attached hydrogens (tertiary/aromatic N) is 4. The van der Waals surface area contributed by atoms with Crippen LogP contribution in [0.2, 0.25) is 0 Å². The minimum absolute atomic E-state index is 0.138. The Morgan fingerprint density at radius 2 is 1.05 bits per heavy atom. The maximum atomic E-state index is 8.50. The molecule has 44 heavy (non-hydrogen) atoms. The van der Waals surface area contributed by atoms with E-state index in [1.165, 1.54) is 0 Å². The van der Waals surface area contributed by atoms with Crippen molar-refractivity contribution in [1.29, 1.82) is 0 Å². The van der Waals surface area contributed by atoms with Crippen LogP contribution in [0.15, 0.2) is 150 Å². The normalized spacial score (nSPS) is 13.2. The van der Waals surface area contributed by atoms with E-state index in [1.54, 1.807) is 12.1 Å². The molecule has 0 spiro atoms. The van der Waals surface area contributed by atoms with Gasteiger partial charge in [0.2, 0.25) is 5.95 Å². The number of rotatable bonds is 4. The highest BCUT2D eigenvalue weighted by Crippen LogP contribution is 2.36. The van der Waals surface area contributed by atoms with E-state index < -0.39 is 6.04 Å². The molecule has 0 aliphatic heterocycles. The summed E-state index contributed by atoms with van der Waals surface area (Å²) in [6.45, 7) is 0. The van der Waals surface area contributed by atoms with Gasteiger partial charge in [0.1, 0.15) is 11.2 Å². The van der Waals surface area contributed by atoms with Gasteiger partial charge < -0.3 is 4.42 Å². The van der Waals surface area contributed by atoms with E-state index in [-0.39, 0.29) is 29.7 Å². The van der Waals surface area contributed by atoms with Crippen LogP contribution in [0.5, 0.6) is 0 Å². The molecule has 5 nitrogen and oxygen atoms in total. The highest BCUT2D eigenvalue weighted by Gasteiger charge is 2.18. The van der Waals surface area contributed by atoms with E-state index in [1.807, 2.05) is 78.9 Å². The van der Waals surface area contributed by atoms with Gasteiger partial charge in [-0.3, -0.25) is 4.57 Å². The van der Waals surface area contributed by atoms with Gasteiger partial charge in [-0.25, -0.2) is 4.98 Å². The minimum Gasteiger partial charge on any atom is -0.456 e. The third-order valence-corrected chi connectivity index (χ3v) is 7.95. The van der Waals surface area contributed by atoms with Crippen LogP contribution >= 0.6 is 0 Å². The predicted molar refractivity (Wildman–Crippen MR) is 178 cm³/mol. The quantitative estimate of drug-likeness (QED) is 0.212. The van der Waals surface area contributed by atoms with Crippen molar-refractivity contribution in [1.82, 2.24) is 19.5 Å². The number of para-hydroxylation sites is 2. The molecule has 3 aromatic heterocycles. The Morgan fingerprint density at radius 1 is 0.477 bits per heavy atom. The largest absolute Gasteiger partial charge is 0.456 e. The standard InChI is InChI=1S/C39H24N4O/c1-3-11-25(12-4-1)27-19-21-35-31(23-27)32-24-28(20-22-36(32)44-35)38-40-37(26-13-5-2-6-14-26)41-39(42-38)43-33-17-9-7-15-29(33)30-16-8-10-18-34(30)43/h1-24H/i1D,3D,4D,11D,12D. The maximum absolute atomic E-state index is 8.50. The summed E-state index contributed by atoms with van der Waals surface area (Å²) in [5.41, 5.74) is 5.44. The van der Waals surface area contributed by atoms with Crippen molar-refractivity contribution in [2.75, 3.05) is 0 Å². The van der Waals surface area contributed by atoms with Crippen LogP contribution < -0.4 is 0 Å². The minimum atomic E-state index is -0.425. The zero-order valence-electron chi connectivity index (χ0n) is 28.2. The van der Waals surface area contributed by atoms with Gasteiger partial charge >= 0.3 is 0 Å². The Hall–Kier alpha value is -6.07. The van der Waals surface area contributed by atoms with Gasteiger partial charge in [0.25, 0.3) is 0 Å². The van der Waals surface area contributed by atoms with E-state index >= 15 is 0 Å². The Balaban J connectivity index is 1.27. The summed E-state index contributed by atoms with van der Waals surface area (Å²) >= 11 is 0. The Kier molecular flexibility index (Phi) is 4.42. The van der Waals surface area contributed by atoms with Crippen LogP contribution in [-0.4, -0.2) is 19.5 Å². The van der Waals surface area contributed by atoms with Crippen LogP contribution in [-0.2, 0) is 0 Å². The fourth-order valence-corrected chi connectivity index (χ4v) is 5.91. The van der Waals surface area contributed by atoms with Crippen molar-refractivity contribution < 1.29 is 11.3 Å². The van der Waals surface area contributed by atoms with Crippen molar-refractivity contribution in [2.24, 2.45) is 0 Å². The molecular weight excluding hydrogens is 540 g/mol. The summed E-state index contributed by atoms with van der Waals surface area (Å²) in [5.74, 6) is 1.49.